The molecule has 1 spiro atoms. The predicted octanol–water partition coefficient (Wildman–Crippen LogP) is 1.36. The van der Waals surface area contributed by atoms with Crippen molar-refractivity contribution in [2.75, 3.05) is 19.8 Å². The highest BCUT2D eigenvalue weighted by atomic mass is 16.7. The standard InChI is InChI=1S/C39H62O13/c1-18-7-12-39(48-16-18)19(2)28-25(52-39)14-24-22-6-5-20-13-21(8-10-37(20,3)23(22)9-11-38(24,28)4)49-36-34(46)32(44)30(42)27(51-36)17-47-35-33(45)31(43)29(41)26(15-40)50-35/h5,18-19,21-36,40-46H,6-17H2,1-4H3/t18-,19-,21-,22+,23-,24-,25-,26+,27+,28-,29+,30+,31-,32-,33+,34+,35+,36+,37-,38-,39+/m0/s1. The lowest BCUT2D eigenvalue weighted by Crippen LogP contribution is -2.62. The summed E-state index contributed by atoms with van der Waals surface area (Å²) >= 11 is 0. The van der Waals surface area contributed by atoms with Gasteiger partial charge in [0.25, 0.3) is 0 Å². The molecule has 13 heteroatoms. The number of aliphatic hydroxyl groups excluding tert-OH is 7. The average molecular weight is 739 g/mol. The van der Waals surface area contributed by atoms with E-state index in [4.69, 9.17) is 28.4 Å². The van der Waals surface area contributed by atoms with Crippen molar-refractivity contribution >= 4 is 0 Å². The molecular formula is C39H62O13. The average Bonchev–Trinajstić information content (AvgIpc) is 3.58. The summed E-state index contributed by atoms with van der Waals surface area (Å²) in [6, 6.07) is 0. The van der Waals surface area contributed by atoms with E-state index >= 15 is 0 Å². The van der Waals surface area contributed by atoms with Crippen LogP contribution in [0.3, 0.4) is 0 Å². The Labute approximate surface area is 306 Å². The highest BCUT2D eigenvalue weighted by Crippen LogP contribution is 2.70. The van der Waals surface area contributed by atoms with E-state index in [9.17, 15) is 35.7 Å². The molecule has 0 amide bonds. The van der Waals surface area contributed by atoms with Gasteiger partial charge >= 0.3 is 0 Å². The van der Waals surface area contributed by atoms with Gasteiger partial charge < -0.3 is 64.2 Å². The Balaban J connectivity index is 0.906. The number of ether oxygens (including phenoxy) is 6. The number of allylic oxidation sites excluding steroid dienone is 1. The Bertz CT molecular complexity index is 1320. The zero-order valence-electron chi connectivity index (χ0n) is 31.0. The van der Waals surface area contributed by atoms with Crippen LogP contribution in [0.5, 0.6) is 0 Å². The van der Waals surface area contributed by atoms with Crippen molar-refractivity contribution < 1.29 is 64.2 Å². The van der Waals surface area contributed by atoms with Crippen LogP contribution in [0.4, 0.5) is 0 Å². The van der Waals surface area contributed by atoms with E-state index in [1.54, 1.807) is 0 Å². The van der Waals surface area contributed by atoms with Crippen molar-refractivity contribution in [2.45, 2.75) is 165 Å². The second-order valence-corrected chi connectivity index (χ2v) is 18.3. The minimum atomic E-state index is -1.63. The molecule has 4 heterocycles. The molecular weight excluding hydrogens is 676 g/mol. The summed E-state index contributed by atoms with van der Waals surface area (Å²) < 4.78 is 36.8. The summed E-state index contributed by atoms with van der Waals surface area (Å²) in [5, 5.41) is 72.4. The topological polar surface area (TPSA) is 197 Å². The van der Waals surface area contributed by atoms with Crippen molar-refractivity contribution in [3.05, 3.63) is 11.6 Å². The molecule has 0 unspecified atom stereocenters. The maximum absolute atomic E-state index is 10.9. The Morgan fingerprint density at radius 1 is 0.808 bits per heavy atom. The van der Waals surface area contributed by atoms with Gasteiger partial charge in [0.2, 0.25) is 0 Å². The number of aliphatic hydroxyl groups is 7. The van der Waals surface area contributed by atoms with Crippen LogP contribution in [0.2, 0.25) is 0 Å². The lowest BCUT2D eigenvalue weighted by Gasteiger charge is -2.58. The van der Waals surface area contributed by atoms with Crippen LogP contribution in [-0.4, -0.2) is 135 Å². The Morgan fingerprint density at radius 3 is 2.23 bits per heavy atom. The third-order valence-corrected chi connectivity index (χ3v) is 15.6. The van der Waals surface area contributed by atoms with Gasteiger partial charge in [0.15, 0.2) is 18.4 Å². The molecule has 296 valence electrons. The molecule has 52 heavy (non-hydrogen) atoms. The highest BCUT2D eigenvalue weighted by molar-refractivity contribution is 5.26. The first-order valence-corrected chi connectivity index (χ1v) is 20.0. The van der Waals surface area contributed by atoms with Gasteiger partial charge in [0.1, 0.15) is 48.8 Å². The summed E-state index contributed by atoms with van der Waals surface area (Å²) in [6.07, 6.45) is -2.78. The summed E-state index contributed by atoms with van der Waals surface area (Å²) in [5.74, 6) is 2.92. The summed E-state index contributed by atoms with van der Waals surface area (Å²) in [6.45, 7) is 9.45. The maximum Gasteiger partial charge on any atom is 0.186 e. The quantitative estimate of drug-likeness (QED) is 0.193. The molecule has 4 aliphatic heterocycles. The molecule has 8 rings (SSSR count). The minimum absolute atomic E-state index is 0.0572. The van der Waals surface area contributed by atoms with Crippen LogP contribution in [0.15, 0.2) is 11.6 Å². The smallest absolute Gasteiger partial charge is 0.186 e. The fraction of sp³-hybridized carbons (Fsp3) is 0.949. The molecule has 0 aromatic carbocycles. The molecule has 7 N–H and O–H groups in total. The van der Waals surface area contributed by atoms with Crippen molar-refractivity contribution in [3.8, 4) is 0 Å². The maximum atomic E-state index is 10.9. The fourth-order valence-corrected chi connectivity index (χ4v) is 12.5. The van der Waals surface area contributed by atoms with Crippen LogP contribution < -0.4 is 0 Å². The van der Waals surface area contributed by atoms with Gasteiger partial charge in [0, 0.05) is 12.3 Å². The normalized spacial score (nSPS) is 57.5. The van der Waals surface area contributed by atoms with Crippen LogP contribution >= 0.6 is 0 Å². The molecule has 4 saturated heterocycles. The summed E-state index contributed by atoms with van der Waals surface area (Å²) in [7, 11) is 0. The van der Waals surface area contributed by atoms with Crippen LogP contribution in [-0.2, 0) is 28.4 Å². The van der Waals surface area contributed by atoms with Crippen molar-refractivity contribution in [1.82, 2.24) is 0 Å². The second-order valence-electron chi connectivity index (χ2n) is 18.3. The number of hydrogen-bond acceptors (Lipinski definition) is 13. The predicted molar refractivity (Wildman–Crippen MR) is 183 cm³/mol. The van der Waals surface area contributed by atoms with E-state index in [2.05, 4.69) is 33.8 Å². The van der Waals surface area contributed by atoms with E-state index in [-0.39, 0.29) is 29.6 Å². The van der Waals surface area contributed by atoms with Crippen molar-refractivity contribution in [2.24, 2.45) is 46.3 Å². The highest BCUT2D eigenvalue weighted by Gasteiger charge is 2.68. The molecule has 8 aliphatic rings. The van der Waals surface area contributed by atoms with Gasteiger partial charge in [-0.3, -0.25) is 0 Å². The van der Waals surface area contributed by atoms with Gasteiger partial charge in [-0.1, -0.05) is 39.3 Å². The van der Waals surface area contributed by atoms with E-state index in [0.717, 1.165) is 38.7 Å². The molecule has 0 bridgehead atoms. The molecule has 0 aromatic heterocycles. The largest absolute Gasteiger partial charge is 0.394 e. The zero-order chi connectivity index (χ0) is 36.9. The van der Waals surface area contributed by atoms with E-state index in [0.29, 0.717) is 41.9 Å². The third-order valence-electron chi connectivity index (χ3n) is 15.6. The first kappa shape index (κ1) is 38.1. The van der Waals surface area contributed by atoms with Crippen molar-refractivity contribution in [3.63, 3.8) is 0 Å². The van der Waals surface area contributed by atoms with E-state index in [1.165, 1.54) is 24.8 Å². The minimum Gasteiger partial charge on any atom is -0.394 e. The molecule has 0 radical (unpaired) electrons. The lowest BCUT2D eigenvalue weighted by atomic mass is 9.47. The Kier molecular flexibility index (Phi) is 10.3. The summed E-state index contributed by atoms with van der Waals surface area (Å²) in [4.78, 5) is 0. The van der Waals surface area contributed by atoms with Crippen LogP contribution in [0.1, 0.15) is 85.5 Å². The lowest BCUT2D eigenvalue weighted by molar-refractivity contribution is -0.336. The SMILES string of the molecule is C[C@H]1CC[C@@]2(OC1)O[C@H]1C[C@H]3[C@@H]4CC=C5C[C@@H](O[C@@H]6O[C@H](CO[C@@H]7O[C@H](CO)[C@@H](O)[C@H](O)[C@H]7O)[C@@H](O)[C@H](O)[C@H]6O)CC[C@]5(C)[C@H]4CC[C@]3(C)[C@H]1[C@@H]2C. The molecule has 7 fully saturated rings. The number of fused-ring (bicyclic) bond motifs is 7. The number of hydrogen-bond donors (Lipinski definition) is 7. The van der Waals surface area contributed by atoms with Gasteiger partial charge in [-0.25, -0.2) is 0 Å². The molecule has 0 aromatic rings. The van der Waals surface area contributed by atoms with Gasteiger partial charge in [-0.2, -0.15) is 0 Å². The Morgan fingerprint density at radius 2 is 1.52 bits per heavy atom. The van der Waals surface area contributed by atoms with E-state index < -0.39 is 73.8 Å². The van der Waals surface area contributed by atoms with Gasteiger partial charge in [-0.15, -0.1) is 0 Å². The van der Waals surface area contributed by atoms with Crippen LogP contribution in [0, 0.1) is 46.3 Å². The first-order valence-electron chi connectivity index (χ1n) is 20.0. The van der Waals surface area contributed by atoms with Gasteiger partial charge in [-0.05, 0) is 91.8 Å². The third kappa shape index (κ3) is 5.99. The summed E-state index contributed by atoms with van der Waals surface area (Å²) in [5.41, 5.74) is 1.70. The van der Waals surface area contributed by atoms with Crippen LogP contribution in [0.25, 0.3) is 0 Å². The molecule has 21 atom stereocenters. The second kappa shape index (κ2) is 14.0. The van der Waals surface area contributed by atoms with E-state index in [1.807, 2.05) is 0 Å². The van der Waals surface area contributed by atoms with Gasteiger partial charge in [0.05, 0.1) is 32.0 Å². The molecule has 13 nitrogen and oxygen atoms in total. The molecule has 4 aliphatic carbocycles. The Hall–Kier alpha value is -0.780. The zero-order valence-corrected chi connectivity index (χ0v) is 31.0. The number of rotatable bonds is 6. The first-order chi connectivity index (χ1) is 24.7. The monoisotopic (exact) mass is 738 g/mol. The van der Waals surface area contributed by atoms with Crippen molar-refractivity contribution in [1.29, 1.82) is 0 Å². The molecule has 3 saturated carbocycles. The fourth-order valence-electron chi connectivity index (χ4n) is 12.5.